The molecule has 0 aliphatic carbocycles. The minimum Gasteiger partial charge on any atom is -0.396 e. The Balaban J connectivity index is 2.61. The minimum absolute atomic E-state index is 0.0121. The number of hydrogen-bond acceptors (Lipinski definition) is 4. The molecule has 4 unspecified atom stereocenters. The lowest BCUT2D eigenvalue weighted by Crippen LogP contribution is -2.60. The highest BCUT2D eigenvalue weighted by Gasteiger charge is 2.36. The molecule has 4 nitrogen and oxygen atoms in total. The average molecular weight is 244 g/mol. The summed E-state index contributed by atoms with van der Waals surface area (Å²) in [5.74, 6) is 0.251. The highest BCUT2D eigenvalue weighted by Crippen LogP contribution is 2.27. The molecule has 1 rings (SSSR count). The largest absolute Gasteiger partial charge is 0.396 e. The van der Waals surface area contributed by atoms with Crippen LogP contribution in [-0.4, -0.2) is 42.5 Å². The molecule has 4 N–H and O–H groups in total. The van der Waals surface area contributed by atoms with E-state index in [2.05, 4.69) is 26.1 Å². The van der Waals surface area contributed by atoms with Crippen molar-refractivity contribution in [1.29, 1.82) is 0 Å². The van der Waals surface area contributed by atoms with Crippen LogP contribution in [0.25, 0.3) is 0 Å². The van der Waals surface area contributed by atoms with E-state index in [1.807, 2.05) is 0 Å². The number of nitrogens with one attached hydrogen (secondary N) is 1. The smallest absolute Gasteiger partial charge is 0.0590 e. The van der Waals surface area contributed by atoms with Crippen LogP contribution in [0.15, 0.2) is 0 Å². The van der Waals surface area contributed by atoms with Gasteiger partial charge in [0.1, 0.15) is 0 Å². The van der Waals surface area contributed by atoms with Gasteiger partial charge < -0.3 is 20.9 Å². The molecule has 0 aromatic rings. The van der Waals surface area contributed by atoms with E-state index in [1.165, 1.54) is 0 Å². The monoisotopic (exact) mass is 244 g/mol. The van der Waals surface area contributed by atoms with Gasteiger partial charge in [0.05, 0.1) is 6.10 Å². The van der Waals surface area contributed by atoms with Crippen molar-refractivity contribution in [3.63, 3.8) is 0 Å². The number of nitrogens with two attached hydrogens (primary N) is 1. The predicted molar refractivity (Wildman–Crippen MR) is 69.9 cm³/mol. The lowest BCUT2D eigenvalue weighted by atomic mass is 9.84. The third-order valence-electron chi connectivity index (χ3n) is 4.07. The Morgan fingerprint density at radius 1 is 1.53 bits per heavy atom. The van der Waals surface area contributed by atoms with Crippen molar-refractivity contribution in [2.45, 2.75) is 57.7 Å². The number of rotatable bonds is 6. The third kappa shape index (κ3) is 3.91. The molecule has 0 aromatic heterocycles. The fourth-order valence-corrected chi connectivity index (χ4v) is 2.44. The van der Waals surface area contributed by atoms with Gasteiger partial charge in [0.25, 0.3) is 0 Å². The van der Waals surface area contributed by atoms with Gasteiger partial charge in [0.2, 0.25) is 0 Å². The maximum absolute atomic E-state index is 9.19. The molecule has 1 saturated heterocycles. The maximum Gasteiger partial charge on any atom is 0.0590 e. The van der Waals surface area contributed by atoms with Crippen molar-refractivity contribution >= 4 is 0 Å². The summed E-state index contributed by atoms with van der Waals surface area (Å²) in [6.45, 7) is 7.95. The first-order valence-corrected chi connectivity index (χ1v) is 6.77. The van der Waals surface area contributed by atoms with Crippen LogP contribution in [0.2, 0.25) is 0 Å². The molecule has 4 atom stereocenters. The van der Waals surface area contributed by atoms with Crippen molar-refractivity contribution < 1.29 is 9.84 Å². The molecule has 1 heterocycles. The molecule has 1 aliphatic heterocycles. The molecular formula is C13H28N2O2. The standard InChI is InChI=1S/C13H28N2O2/c1-4-12-7-13(9-14,5-6-17-12)15-11(3)10(2)8-16/h10-12,15-16H,4-9,14H2,1-3H3. The van der Waals surface area contributed by atoms with Gasteiger partial charge in [0, 0.05) is 31.3 Å². The van der Waals surface area contributed by atoms with Crippen molar-refractivity contribution in [3.8, 4) is 0 Å². The van der Waals surface area contributed by atoms with Crippen LogP contribution in [0.5, 0.6) is 0 Å². The first-order chi connectivity index (χ1) is 8.06. The zero-order valence-electron chi connectivity index (χ0n) is 11.4. The minimum atomic E-state index is -0.0121. The second-order valence-electron chi connectivity index (χ2n) is 5.43. The molecule has 0 saturated carbocycles. The molecular weight excluding hydrogens is 216 g/mol. The van der Waals surface area contributed by atoms with Gasteiger partial charge in [-0.3, -0.25) is 0 Å². The molecule has 0 radical (unpaired) electrons. The van der Waals surface area contributed by atoms with Crippen LogP contribution >= 0.6 is 0 Å². The normalized spacial score (nSPS) is 33.4. The Hall–Kier alpha value is -0.160. The number of aliphatic hydroxyl groups excluding tert-OH is 1. The Morgan fingerprint density at radius 2 is 2.24 bits per heavy atom. The molecule has 17 heavy (non-hydrogen) atoms. The molecule has 4 heteroatoms. The zero-order chi connectivity index (χ0) is 12.9. The van der Waals surface area contributed by atoms with Crippen LogP contribution in [0.1, 0.15) is 40.0 Å². The van der Waals surface area contributed by atoms with Gasteiger partial charge in [-0.1, -0.05) is 13.8 Å². The van der Waals surface area contributed by atoms with Gasteiger partial charge in [0.15, 0.2) is 0 Å². The summed E-state index contributed by atoms with van der Waals surface area (Å²) in [7, 11) is 0. The molecule has 1 fully saturated rings. The van der Waals surface area contributed by atoms with Gasteiger partial charge in [-0.2, -0.15) is 0 Å². The summed E-state index contributed by atoms with van der Waals surface area (Å²) in [4.78, 5) is 0. The Labute approximate surface area is 105 Å². The average Bonchev–Trinajstić information content (AvgIpc) is 2.37. The van der Waals surface area contributed by atoms with Gasteiger partial charge >= 0.3 is 0 Å². The second kappa shape index (κ2) is 6.69. The summed E-state index contributed by atoms with van der Waals surface area (Å²) < 4.78 is 5.71. The maximum atomic E-state index is 9.19. The Morgan fingerprint density at radius 3 is 2.76 bits per heavy atom. The quantitative estimate of drug-likeness (QED) is 0.649. The fraction of sp³-hybridized carbons (Fsp3) is 1.00. The van der Waals surface area contributed by atoms with E-state index in [0.717, 1.165) is 25.9 Å². The van der Waals surface area contributed by atoms with Gasteiger partial charge in [-0.15, -0.1) is 0 Å². The Kier molecular flexibility index (Phi) is 5.86. The second-order valence-corrected chi connectivity index (χ2v) is 5.43. The highest BCUT2D eigenvalue weighted by molar-refractivity contribution is 4.96. The molecule has 102 valence electrons. The highest BCUT2D eigenvalue weighted by atomic mass is 16.5. The van der Waals surface area contributed by atoms with Crippen molar-refractivity contribution in [2.24, 2.45) is 11.7 Å². The number of hydrogen-bond donors (Lipinski definition) is 3. The lowest BCUT2D eigenvalue weighted by molar-refractivity contribution is -0.0328. The van der Waals surface area contributed by atoms with Crippen molar-refractivity contribution in [2.75, 3.05) is 19.8 Å². The lowest BCUT2D eigenvalue weighted by Gasteiger charge is -2.43. The van der Waals surface area contributed by atoms with Crippen LogP contribution in [0, 0.1) is 5.92 Å². The zero-order valence-corrected chi connectivity index (χ0v) is 11.4. The summed E-state index contributed by atoms with van der Waals surface area (Å²) in [5, 5.41) is 12.8. The van der Waals surface area contributed by atoms with Crippen molar-refractivity contribution in [3.05, 3.63) is 0 Å². The van der Waals surface area contributed by atoms with E-state index in [1.54, 1.807) is 0 Å². The van der Waals surface area contributed by atoms with E-state index < -0.39 is 0 Å². The summed E-state index contributed by atoms with van der Waals surface area (Å²) in [6, 6.07) is 0.277. The summed E-state index contributed by atoms with van der Waals surface area (Å²) in [5.41, 5.74) is 5.95. The van der Waals surface area contributed by atoms with Crippen LogP contribution in [-0.2, 0) is 4.74 Å². The van der Waals surface area contributed by atoms with Crippen molar-refractivity contribution in [1.82, 2.24) is 5.32 Å². The van der Waals surface area contributed by atoms with Crippen LogP contribution in [0.3, 0.4) is 0 Å². The number of ether oxygens (including phenoxy) is 1. The molecule has 0 spiro atoms. The number of aliphatic hydroxyl groups is 1. The summed E-state index contributed by atoms with van der Waals surface area (Å²) >= 11 is 0. The molecule has 1 aliphatic rings. The molecule has 0 amide bonds. The van der Waals surface area contributed by atoms with Crippen LogP contribution in [0.4, 0.5) is 0 Å². The van der Waals surface area contributed by atoms with Crippen LogP contribution < -0.4 is 11.1 Å². The first-order valence-electron chi connectivity index (χ1n) is 6.77. The van der Waals surface area contributed by atoms with Gasteiger partial charge in [-0.25, -0.2) is 0 Å². The van der Waals surface area contributed by atoms with E-state index in [-0.39, 0.29) is 24.1 Å². The summed E-state index contributed by atoms with van der Waals surface area (Å²) in [6.07, 6.45) is 3.29. The molecule has 0 bridgehead atoms. The fourth-order valence-electron chi connectivity index (χ4n) is 2.44. The first kappa shape index (κ1) is 14.9. The third-order valence-corrected chi connectivity index (χ3v) is 4.07. The van der Waals surface area contributed by atoms with E-state index in [9.17, 15) is 5.11 Å². The van der Waals surface area contributed by atoms with E-state index in [0.29, 0.717) is 12.6 Å². The molecule has 0 aromatic carbocycles. The van der Waals surface area contributed by atoms with Gasteiger partial charge in [-0.05, 0) is 32.1 Å². The van der Waals surface area contributed by atoms with E-state index in [4.69, 9.17) is 10.5 Å². The van der Waals surface area contributed by atoms with E-state index >= 15 is 0 Å². The topological polar surface area (TPSA) is 67.5 Å². The Bertz CT molecular complexity index is 225. The predicted octanol–water partition coefficient (Wildman–Crippen LogP) is 0.879. The SMILES string of the molecule is CCC1CC(CN)(NC(C)C(C)CO)CCO1.